The number of hydrogen-bond donors (Lipinski definition) is 2. The van der Waals surface area contributed by atoms with Crippen LogP contribution in [0.3, 0.4) is 0 Å². The molecule has 2 amide bonds. The smallest absolute Gasteiger partial charge is 0.224 e. The predicted molar refractivity (Wildman–Crippen MR) is 94.4 cm³/mol. The zero-order valence-corrected chi connectivity index (χ0v) is 15.2. The maximum Gasteiger partial charge on any atom is 0.224 e. The zero-order valence-electron chi connectivity index (χ0n) is 14.4. The Labute approximate surface area is 146 Å². The minimum absolute atomic E-state index is 0. The van der Waals surface area contributed by atoms with E-state index in [2.05, 4.69) is 5.32 Å². The molecule has 2 rings (SSSR count). The summed E-state index contributed by atoms with van der Waals surface area (Å²) >= 11 is 0. The first-order chi connectivity index (χ1) is 10.5. The Morgan fingerprint density at radius 2 is 1.74 bits per heavy atom. The highest BCUT2D eigenvalue weighted by Crippen LogP contribution is 2.25. The number of nitrogens with two attached hydrogens (primary N) is 1. The lowest BCUT2D eigenvalue weighted by Gasteiger charge is -2.38. The number of nitrogens with zero attached hydrogens (tertiary/aromatic N) is 1. The fourth-order valence-electron chi connectivity index (χ4n) is 3.79. The average Bonchev–Trinajstić information content (AvgIpc) is 3.01. The molecule has 1 saturated heterocycles. The fourth-order valence-corrected chi connectivity index (χ4v) is 3.79. The van der Waals surface area contributed by atoms with Gasteiger partial charge in [-0.2, -0.15) is 0 Å². The van der Waals surface area contributed by atoms with E-state index in [0.717, 1.165) is 51.5 Å². The van der Waals surface area contributed by atoms with Crippen LogP contribution < -0.4 is 11.1 Å². The molecule has 0 aromatic carbocycles. The molecule has 1 saturated carbocycles. The van der Waals surface area contributed by atoms with Gasteiger partial charge in [-0.05, 0) is 46.0 Å². The number of carbonyl (C=O) groups excluding carboxylic acids is 2. The van der Waals surface area contributed by atoms with E-state index < -0.39 is 0 Å². The number of hydrogen-bond acceptors (Lipinski definition) is 3. The van der Waals surface area contributed by atoms with Gasteiger partial charge in [0.2, 0.25) is 11.8 Å². The lowest BCUT2D eigenvalue weighted by molar-refractivity contribution is -0.136. The van der Waals surface area contributed by atoms with Gasteiger partial charge in [0, 0.05) is 37.0 Å². The van der Waals surface area contributed by atoms with Crippen LogP contribution in [0.1, 0.15) is 65.2 Å². The molecule has 2 fully saturated rings. The van der Waals surface area contributed by atoms with E-state index in [1.807, 2.05) is 18.7 Å². The number of likely N-dealkylation sites (tertiary alicyclic amines) is 1. The van der Waals surface area contributed by atoms with E-state index in [9.17, 15) is 9.59 Å². The van der Waals surface area contributed by atoms with Crippen molar-refractivity contribution in [2.24, 2.45) is 11.7 Å². The molecule has 3 unspecified atom stereocenters. The van der Waals surface area contributed by atoms with Gasteiger partial charge < -0.3 is 16.0 Å². The zero-order chi connectivity index (χ0) is 16.1. The molecule has 6 heteroatoms. The number of amides is 2. The van der Waals surface area contributed by atoms with E-state index in [0.29, 0.717) is 6.42 Å². The van der Waals surface area contributed by atoms with Crippen molar-refractivity contribution in [3.63, 3.8) is 0 Å². The van der Waals surface area contributed by atoms with Crippen LogP contribution in [0.5, 0.6) is 0 Å². The molecule has 5 nitrogen and oxygen atoms in total. The van der Waals surface area contributed by atoms with Crippen molar-refractivity contribution >= 4 is 24.2 Å². The lowest BCUT2D eigenvalue weighted by Crippen LogP contribution is -2.53. The van der Waals surface area contributed by atoms with Crippen molar-refractivity contribution in [2.45, 2.75) is 83.3 Å². The molecule has 0 radical (unpaired) electrons. The first kappa shape index (κ1) is 20.2. The topological polar surface area (TPSA) is 75.4 Å². The van der Waals surface area contributed by atoms with Crippen molar-refractivity contribution in [1.82, 2.24) is 10.2 Å². The SMILES string of the molecule is CC(CC(=O)N1CCCCC1C(C)N)NC(=O)C1CCCC1.Cl. The summed E-state index contributed by atoms with van der Waals surface area (Å²) in [6.45, 7) is 4.70. The second-order valence-electron chi connectivity index (χ2n) is 7.10. The van der Waals surface area contributed by atoms with Crippen LogP contribution >= 0.6 is 12.4 Å². The normalized spacial score (nSPS) is 24.7. The summed E-state index contributed by atoms with van der Waals surface area (Å²) in [4.78, 5) is 26.6. The van der Waals surface area contributed by atoms with Crippen LogP contribution in [0.25, 0.3) is 0 Å². The van der Waals surface area contributed by atoms with Gasteiger partial charge in [0.1, 0.15) is 0 Å². The Kier molecular flexibility index (Phi) is 8.34. The van der Waals surface area contributed by atoms with Gasteiger partial charge >= 0.3 is 0 Å². The molecule has 0 aromatic heterocycles. The van der Waals surface area contributed by atoms with Crippen molar-refractivity contribution in [1.29, 1.82) is 0 Å². The first-order valence-electron chi connectivity index (χ1n) is 8.84. The van der Waals surface area contributed by atoms with Gasteiger partial charge in [-0.25, -0.2) is 0 Å². The largest absolute Gasteiger partial charge is 0.353 e. The predicted octanol–water partition coefficient (Wildman–Crippen LogP) is 2.22. The first-order valence-corrected chi connectivity index (χ1v) is 8.84. The van der Waals surface area contributed by atoms with Gasteiger partial charge in [0.05, 0.1) is 0 Å². The lowest BCUT2D eigenvalue weighted by atomic mass is 9.96. The van der Waals surface area contributed by atoms with Crippen LogP contribution in [0.2, 0.25) is 0 Å². The highest BCUT2D eigenvalue weighted by Gasteiger charge is 2.30. The Balaban J connectivity index is 0.00000264. The van der Waals surface area contributed by atoms with Crippen molar-refractivity contribution in [3.8, 4) is 0 Å². The summed E-state index contributed by atoms with van der Waals surface area (Å²) in [6, 6.07) is 0.0582. The van der Waals surface area contributed by atoms with Crippen LogP contribution in [-0.2, 0) is 9.59 Å². The summed E-state index contributed by atoms with van der Waals surface area (Å²) in [6.07, 6.45) is 7.84. The summed E-state index contributed by atoms with van der Waals surface area (Å²) < 4.78 is 0. The minimum Gasteiger partial charge on any atom is -0.353 e. The molecule has 1 heterocycles. The van der Waals surface area contributed by atoms with Gasteiger partial charge in [-0.15, -0.1) is 12.4 Å². The minimum atomic E-state index is -0.101. The summed E-state index contributed by atoms with van der Waals surface area (Å²) in [5, 5.41) is 3.02. The number of nitrogens with one attached hydrogen (secondary N) is 1. The van der Waals surface area contributed by atoms with E-state index in [1.165, 1.54) is 0 Å². The maximum atomic E-state index is 12.5. The Morgan fingerprint density at radius 3 is 2.35 bits per heavy atom. The third kappa shape index (κ3) is 5.64. The molecule has 0 spiro atoms. The van der Waals surface area contributed by atoms with Crippen LogP contribution in [-0.4, -0.2) is 41.4 Å². The Hall–Kier alpha value is -0.810. The van der Waals surface area contributed by atoms with Crippen molar-refractivity contribution in [3.05, 3.63) is 0 Å². The summed E-state index contributed by atoms with van der Waals surface area (Å²) in [5.74, 6) is 0.408. The average molecular weight is 346 g/mol. The van der Waals surface area contributed by atoms with Crippen LogP contribution in [0, 0.1) is 5.92 Å². The highest BCUT2D eigenvalue weighted by atomic mass is 35.5. The number of carbonyl (C=O) groups is 2. The molecule has 0 aromatic rings. The Bertz CT molecular complexity index is 397. The molecule has 0 bridgehead atoms. The maximum absolute atomic E-state index is 12.5. The van der Waals surface area contributed by atoms with Crippen molar-refractivity contribution < 1.29 is 9.59 Å². The monoisotopic (exact) mass is 345 g/mol. The standard InChI is InChI=1S/C17H31N3O2.ClH/c1-12(19-17(22)14-7-3-4-8-14)11-16(21)20-10-6-5-9-15(20)13(2)18;/h12-15H,3-11,18H2,1-2H3,(H,19,22);1H. The van der Waals surface area contributed by atoms with Crippen LogP contribution in [0.15, 0.2) is 0 Å². The molecule has 23 heavy (non-hydrogen) atoms. The summed E-state index contributed by atoms with van der Waals surface area (Å²) in [5.41, 5.74) is 6.03. The van der Waals surface area contributed by atoms with Gasteiger partial charge in [0.25, 0.3) is 0 Å². The second-order valence-corrected chi connectivity index (χ2v) is 7.10. The van der Waals surface area contributed by atoms with Gasteiger partial charge in [-0.1, -0.05) is 12.8 Å². The molecule has 2 aliphatic rings. The molecule has 3 N–H and O–H groups in total. The van der Waals surface area contributed by atoms with Crippen molar-refractivity contribution in [2.75, 3.05) is 6.54 Å². The molecule has 1 aliphatic heterocycles. The molecule has 134 valence electrons. The molecule has 3 atom stereocenters. The third-order valence-electron chi connectivity index (χ3n) is 5.07. The number of halogens is 1. The summed E-state index contributed by atoms with van der Waals surface area (Å²) in [7, 11) is 0. The van der Waals surface area contributed by atoms with E-state index in [-0.39, 0.29) is 48.3 Å². The van der Waals surface area contributed by atoms with E-state index in [4.69, 9.17) is 5.73 Å². The van der Waals surface area contributed by atoms with E-state index in [1.54, 1.807) is 0 Å². The van der Waals surface area contributed by atoms with Gasteiger partial charge in [0.15, 0.2) is 0 Å². The highest BCUT2D eigenvalue weighted by molar-refractivity contribution is 5.85. The Morgan fingerprint density at radius 1 is 1.13 bits per heavy atom. The third-order valence-corrected chi connectivity index (χ3v) is 5.07. The number of piperidine rings is 1. The molecular weight excluding hydrogens is 314 g/mol. The van der Waals surface area contributed by atoms with Gasteiger partial charge in [-0.3, -0.25) is 9.59 Å². The quantitative estimate of drug-likeness (QED) is 0.802. The second kappa shape index (κ2) is 9.48. The fraction of sp³-hybridized carbons (Fsp3) is 0.882. The van der Waals surface area contributed by atoms with E-state index >= 15 is 0 Å². The van der Waals surface area contributed by atoms with Crippen LogP contribution in [0.4, 0.5) is 0 Å². The number of rotatable bonds is 5. The molecule has 1 aliphatic carbocycles. The molecular formula is C17H32ClN3O2.